The minimum Gasteiger partial charge on any atom is -0.504 e. The number of nitrogens with zero attached hydrogens (tertiary/aromatic N) is 2. The Morgan fingerprint density at radius 2 is 1.92 bits per heavy atom. The lowest BCUT2D eigenvalue weighted by Gasteiger charge is -2.12. The molecule has 1 aromatic heterocycles. The Morgan fingerprint density at radius 3 is 2.60 bits per heavy atom. The van der Waals surface area contributed by atoms with Crippen molar-refractivity contribution < 1.29 is 9.84 Å². The smallest absolute Gasteiger partial charge is 0.161 e. The molecule has 0 spiro atoms. The highest BCUT2D eigenvalue weighted by molar-refractivity contribution is 9.10. The van der Waals surface area contributed by atoms with Crippen LogP contribution in [-0.4, -0.2) is 17.2 Å². The van der Waals surface area contributed by atoms with Crippen LogP contribution in [0.5, 0.6) is 11.5 Å². The highest BCUT2D eigenvalue weighted by Gasteiger charge is 2.14. The van der Waals surface area contributed by atoms with E-state index >= 15 is 0 Å². The molecule has 4 nitrogen and oxygen atoms in total. The maximum atomic E-state index is 9.79. The highest BCUT2D eigenvalue weighted by atomic mass is 79.9. The first-order chi connectivity index (χ1) is 12.0. The molecule has 0 radical (unpaired) electrons. The molecule has 3 rings (SSSR count). The Balaban J connectivity index is 2.22. The van der Waals surface area contributed by atoms with Gasteiger partial charge in [-0.05, 0) is 48.9 Å². The van der Waals surface area contributed by atoms with Gasteiger partial charge in [-0.2, -0.15) is 5.26 Å². The summed E-state index contributed by atoms with van der Waals surface area (Å²) in [5.41, 5.74) is 4.47. The Kier molecular flexibility index (Phi) is 4.73. The molecule has 0 fully saturated rings. The fourth-order valence-corrected chi connectivity index (χ4v) is 3.08. The molecule has 0 atom stereocenters. The van der Waals surface area contributed by atoms with E-state index in [-0.39, 0.29) is 5.75 Å². The van der Waals surface area contributed by atoms with E-state index in [0.717, 1.165) is 21.2 Å². The number of hydrogen-bond donors (Lipinski definition) is 1. The molecule has 5 heteroatoms. The zero-order valence-corrected chi connectivity index (χ0v) is 15.3. The number of nitriles is 1. The van der Waals surface area contributed by atoms with Gasteiger partial charge in [-0.1, -0.05) is 28.1 Å². The zero-order valence-electron chi connectivity index (χ0n) is 13.7. The molecule has 0 amide bonds. The first-order valence-electron chi connectivity index (χ1n) is 7.58. The molecule has 0 saturated carbocycles. The summed E-state index contributed by atoms with van der Waals surface area (Å²) in [4.78, 5) is 4.56. The van der Waals surface area contributed by atoms with Crippen molar-refractivity contribution in [2.75, 3.05) is 7.11 Å². The topological polar surface area (TPSA) is 66.1 Å². The second kappa shape index (κ2) is 6.96. The zero-order chi connectivity index (χ0) is 18.0. The van der Waals surface area contributed by atoms with Crippen molar-refractivity contribution in [3.63, 3.8) is 0 Å². The van der Waals surface area contributed by atoms with Crippen LogP contribution in [0.15, 0.2) is 53.0 Å². The van der Waals surface area contributed by atoms with Gasteiger partial charge in [0.15, 0.2) is 11.5 Å². The van der Waals surface area contributed by atoms with Crippen LogP contribution < -0.4 is 4.74 Å². The van der Waals surface area contributed by atoms with Crippen LogP contribution in [0.3, 0.4) is 0 Å². The molecule has 0 saturated heterocycles. The number of aryl methyl sites for hydroxylation is 1. The second-order valence-electron chi connectivity index (χ2n) is 5.52. The quantitative estimate of drug-likeness (QED) is 0.672. The van der Waals surface area contributed by atoms with E-state index in [0.29, 0.717) is 22.7 Å². The molecule has 0 aliphatic carbocycles. The summed E-state index contributed by atoms with van der Waals surface area (Å²) >= 11 is 3.47. The number of aromatic nitrogens is 1. The Bertz CT molecular complexity index is 993. The maximum Gasteiger partial charge on any atom is 0.161 e. The van der Waals surface area contributed by atoms with E-state index in [9.17, 15) is 10.4 Å². The predicted molar refractivity (Wildman–Crippen MR) is 100 cm³/mol. The van der Waals surface area contributed by atoms with Gasteiger partial charge in [0.25, 0.3) is 0 Å². The fourth-order valence-electron chi connectivity index (χ4n) is 2.68. The van der Waals surface area contributed by atoms with E-state index in [1.165, 1.54) is 7.11 Å². The van der Waals surface area contributed by atoms with Gasteiger partial charge in [0, 0.05) is 15.6 Å². The Hall–Kier alpha value is -2.84. The molecular formula is C20H15BrN2O2. The van der Waals surface area contributed by atoms with Crippen molar-refractivity contribution in [2.24, 2.45) is 0 Å². The molecule has 0 aliphatic rings. The van der Waals surface area contributed by atoms with E-state index in [4.69, 9.17) is 4.74 Å². The highest BCUT2D eigenvalue weighted by Crippen LogP contribution is 2.34. The number of rotatable bonds is 3. The van der Waals surface area contributed by atoms with Crippen molar-refractivity contribution in [3.05, 3.63) is 64.3 Å². The van der Waals surface area contributed by atoms with Gasteiger partial charge in [0.2, 0.25) is 0 Å². The number of hydrogen-bond acceptors (Lipinski definition) is 4. The number of phenolic OH excluding ortho intramolecular Hbond substituents is 1. The molecule has 2 aromatic carbocycles. The third kappa shape index (κ3) is 3.35. The second-order valence-corrected chi connectivity index (χ2v) is 6.44. The number of halogens is 1. The van der Waals surface area contributed by atoms with E-state index < -0.39 is 0 Å². The number of pyridine rings is 1. The van der Waals surface area contributed by atoms with Crippen LogP contribution >= 0.6 is 15.9 Å². The van der Waals surface area contributed by atoms with Gasteiger partial charge in [-0.15, -0.1) is 0 Å². The van der Waals surface area contributed by atoms with Gasteiger partial charge in [-0.3, -0.25) is 4.98 Å². The Labute approximate surface area is 154 Å². The molecule has 0 unspecified atom stereocenters. The molecule has 25 heavy (non-hydrogen) atoms. The van der Waals surface area contributed by atoms with Crippen LogP contribution in [0.25, 0.3) is 22.4 Å². The van der Waals surface area contributed by atoms with E-state index in [2.05, 4.69) is 27.0 Å². The van der Waals surface area contributed by atoms with Crippen LogP contribution in [0.4, 0.5) is 0 Å². The van der Waals surface area contributed by atoms with Crippen LogP contribution in [0, 0.1) is 18.3 Å². The van der Waals surface area contributed by atoms with Crippen molar-refractivity contribution in [1.82, 2.24) is 4.98 Å². The number of methoxy groups -OCH3 is 1. The van der Waals surface area contributed by atoms with Crippen molar-refractivity contribution in [1.29, 1.82) is 5.26 Å². The van der Waals surface area contributed by atoms with Gasteiger partial charge in [-0.25, -0.2) is 0 Å². The SMILES string of the molecule is COc1cc(-c2cc(-c3cccc(Br)c3)c(C#N)c(C)n2)ccc1O. The average Bonchev–Trinajstić information content (AvgIpc) is 2.61. The van der Waals surface area contributed by atoms with Crippen molar-refractivity contribution in [2.45, 2.75) is 6.92 Å². The summed E-state index contributed by atoms with van der Waals surface area (Å²) in [6.45, 7) is 1.82. The first-order valence-corrected chi connectivity index (χ1v) is 8.38. The summed E-state index contributed by atoms with van der Waals surface area (Å²) in [6.07, 6.45) is 0. The predicted octanol–water partition coefficient (Wildman–Crippen LogP) is 5.07. The maximum absolute atomic E-state index is 9.79. The number of ether oxygens (including phenoxy) is 1. The van der Waals surface area contributed by atoms with Crippen LogP contribution in [-0.2, 0) is 0 Å². The largest absolute Gasteiger partial charge is 0.504 e. The van der Waals surface area contributed by atoms with E-state index in [1.54, 1.807) is 18.2 Å². The summed E-state index contributed by atoms with van der Waals surface area (Å²) in [6, 6.07) is 17.0. The van der Waals surface area contributed by atoms with Crippen LogP contribution in [0.1, 0.15) is 11.3 Å². The van der Waals surface area contributed by atoms with Crippen molar-refractivity contribution in [3.8, 4) is 40.0 Å². The van der Waals surface area contributed by atoms with Gasteiger partial charge in [0.05, 0.1) is 24.1 Å². The standard InChI is InChI=1S/C20H15BrN2O2/c1-12-17(11-22)16(13-4-3-5-15(21)8-13)10-18(23-12)14-6-7-19(24)20(9-14)25-2/h3-10,24H,1-2H3. The normalized spacial score (nSPS) is 10.3. The molecule has 124 valence electrons. The molecule has 0 bridgehead atoms. The summed E-state index contributed by atoms with van der Waals surface area (Å²) in [7, 11) is 1.50. The number of aromatic hydroxyl groups is 1. The summed E-state index contributed by atoms with van der Waals surface area (Å²) < 4.78 is 6.12. The molecule has 1 heterocycles. The molecular weight excluding hydrogens is 380 g/mol. The van der Waals surface area contributed by atoms with Crippen molar-refractivity contribution >= 4 is 15.9 Å². The monoisotopic (exact) mass is 394 g/mol. The van der Waals surface area contributed by atoms with Gasteiger partial charge in [0.1, 0.15) is 6.07 Å². The van der Waals surface area contributed by atoms with E-state index in [1.807, 2.05) is 37.3 Å². The number of phenols is 1. The molecule has 3 aromatic rings. The number of benzene rings is 2. The Morgan fingerprint density at radius 1 is 1.12 bits per heavy atom. The first kappa shape index (κ1) is 17.0. The summed E-state index contributed by atoms with van der Waals surface area (Å²) in [5.74, 6) is 0.453. The minimum atomic E-state index is 0.0730. The van der Waals surface area contributed by atoms with Gasteiger partial charge < -0.3 is 9.84 Å². The van der Waals surface area contributed by atoms with Gasteiger partial charge >= 0.3 is 0 Å². The molecule has 1 N–H and O–H groups in total. The minimum absolute atomic E-state index is 0.0730. The lowest BCUT2D eigenvalue weighted by Crippen LogP contribution is -1.96. The third-order valence-corrected chi connectivity index (χ3v) is 4.42. The fraction of sp³-hybridized carbons (Fsp3) is 0.100. The lowest BCUT2D eigenvalue weighted by molar-refractivity contribution is 0.373. The lowest BCUT2D eigenvalue weighted by atomic mass is 9.97. The molecule has 0 aliphatic heterocycles. The van der Waals surface area contributed by atoms with Crippen LogP contribution in [0.2, 0.25) is 0 Å². The summed E-state index contributed by atoms with van der Waals surface area (Å²) in [5, 5.41) is 19.3. The third-order valence-electron chi connectivity index (χ3n) is 3.92. The average molecular weight is 395 g/mol.